The highest BCUT2D eigenvalue weighted by Crippen LogP contribution is 2.38. The van der Waals surface area contributed by atoms with Crippen molar-refractivity contribution < 1.29 is 19.0 Å². The van der Waals surface area contributed by atoms with Crippen molar-refractivity contribution in [3.63, 3.8) is 0 Å². The van der Waals surface area contributed by atoms with Gasteiger partial charge in [0.25, 0.3) is 0 Å². The predicted octanol–water partition coefficient (Wildman–Crippen LogP) is 5.49. The van der Waals surface area contributed by atoms with Gasteiger partial charge < -0.3 is 19.5 Å². The Morgan fingerprint density at radius 1 is 1.09 bits per heavy atom. The van der Waals surface area contributed by atoms with Gasteiger partial charge in [-0.25, -0.2) is 14.5 Å². The maximum absolute atomic E-state index is 13.6. The molecule has 43 heavy (non-hydrogen) atoms. The van der Waals surface area contributed by atoms with E-state index in [1.165, 1.54) is 14.2 Å². The van der Waals surface area contributed by atoms with Crippen LogP contribution in [0.2, 0.25) is 5.02 Å². The lowest BCUT2D eigenvalue weighted by atomic mass is 9.92. The van der Waals surface area contributed by atoms with Crippen LogP contribution in [0.3, 0.4) is 0 Å². The number of methoxy groups -OCH3 is 2. The van der Waals surface area contributed by atoms with Gasteiger partial charge in [0.15, 0.2) is 11.3 Å². The Kier molecular flexibility index (Phi) is 8.49. The Labute approximate surface area is 254 Å². The van der Waals surface area contributed by atoms with Crippen LogP contribution in [0.15, 0.2) is 42.7 Å². The van der Waals surface area contributed by atoms with Gasteiger partial charge in [0, 0.05) is 16.8 Å². The van der Waals surface area contributed by atoms with Crippen molar-refractivity contribution >= 4 is 28.9 Å². The minimum atomic E-state index is -0.561. The highest BCUT2D eigenvalue weighted by molar-refractivity contribution is 6.30. The molecule has 12 nitrogen and oxygen atoms in total. The first-order chi connectivity index (χ1) is 20.7. The number of esters is 1. The largest absolute Gasteiger partial charge is 0.479 e. The van der Waals surface area contributed by atoms with E-state index in [2.05, 4.69) is 25.5 Å². The van der Waals surface area contributed by atoms with Gasteiger partial charge in [0.1, 0.15) is 11.5 Å². The maximum atomic E-state index is 13.6. The molecule has 0 aliphatic rings. The summed E-state index contributed by atoms with van der Waals surface area (Å²) < 4.78 is 19.9. The fraction of sp³-hybridized carbons (Fsp3) is 0.333. The SMILES string of the molecule is CCOC(=O)c1nn(-c2cnc(OC)nc2OC)c(C(C)C)c1C(Nc1cc(C)c2nnc(C)n2c1)c1ccc(Cl)cc1. The molecule has 0 radical (unpaired) electrons. The van der Waals surface area contributed by atoms with E-state index in [9.17, 15) is 4.79 Å². The number of aryl methyl sites for hydroxylation is 2. The minimum Gasteiger partial charge on any atom is -0.479 e. The predicted molar refractivity (Wildman–Crippen MR) is 162 cm³/mol. The summed E-state index contributed by atoms with van der Waals surface area (Å²) in [5, 5.41) is 17.6. The van der Waals surface area contributed by atoms with Gasteiger partial charge in [-0.1, -0.05) is 37.6 Å². The van der Waals surface area contributed by atoms with Gasteiger partial charge in [0.2, 0.25) is 5.88 Å². The minimum absolute atomic E-state index is 0.113. The van der Waals surface area contributed by atoms with E-state index < -0.39 is 12.0 Å². The molecule has 0 saturated carbocycles. The van der Waals surface area contributed by atoms with Gasteiger partial charge >= 0.3 is 12.0 Å². The summed E-state index contributed by atoms with van der Waals surface area (Å²) in [5.41, 5.74) is 5.30. The van der Waals surface area contributed by atoms with Crippen molar-refractivity contribution in [1.82, 2.24) is 34.3 Å². The van der Waals surface area contributed by atoms with Crippen LogP contribution >= 0.6 is 11.6 Å². The average Bonchev–Trinajstić information content (AvgIpc) is 3.57. The Morgan fingerprint density at radius 3 is 2.49 bits per heavy atom. The monoisotopic (exact) mass is 604 g/mol. The van der Waals surface area contributed by atoms with E-state index in [0.29, 0.717) is 16.3 Å². The molecule has 224 valence electrons. The Balaban J connectivity index is 1.79. The molecule has 1 aromatic carbocycles. The van der Waals surface area contributed by atoms with E-state index in [1.54, 1.807) is 17.8 Å². The third-order valence-corrected chi connectivity index (χ3v) is 7.21. The normalized spacial score (nSPS) is 12.0. The number of carbonyl (C=O) groups excluding carboxylic acids is 1. The van der Waals surface area contributed by atoms with Crippen molar-refractivity contribution in [2.75, 3.05) is 26.1 Å². The number of hydrogen-bond acceptors (Lipinski definition) is 10. The van der Waals surface area contributed by atoms with Gasteiger partial charge in [-0.05, 0) is 56.0 Å². The molecule has 0 amide bonds. The summed E-state index contributed by atoms with van der Waals surface area (Å²) in [4.78, 5) is 22.2. The molecule has 0 saturated heterocycles. The molecule has 0 fully saturated rings. The van der Waals surface area contributed by atoms with Crippen LogP contribution in [-0.4, -0.2) is 61.1 Å². The molecule has 0 aliphatic heterocycles. The topological polar surface area (TPSA) is 131 Å². The number of benzene rings is 1. The van der Waals surface area contributed by atoms with Crippen LogP contribution in [0.25, 0.3) is 11.3 Å². The number of rotatable bonds is 10. The van der Waals surface area contributed by atoms with Gasteiger partial charge in [0.05, 0.1) is 44.4 Å². The Hall–Kier alpha value is -4.71. The number of ether oxygens (including phenoxy) is 3. The number of halogens is 1. The fourth-order valence-corrected chi connectivity index (χ4v) is 5.17. The average molecular weight is 605 g/mol. The fourth-order valence-electron chi connectivity index (χ4n) is 5.05. The van der Waals surface area contributed by atoms with Crippen LogP contribution in [-0.2, 0) is 4.74 Å². The Morgan fingerprint density at radius 2 is 1.84 bits per heavy atom. The summed E-state index contributed by atoms with van der Waals surface area (Å²) >= 11 is 6.29. The van der Waals surface area contributed by atoms with Crippen LogP contribution in [0.4, 0.5) is 5.69 Å². The number of hydrogen-bond donors (Lipinski definition) is 1. The number of aromatic nitrogens is 7. The third-order valence-electron chi connectivity index (χ3n) is 6.95. The summed E-state index contributed by atoms with van der Waals surface area (Å²) in [7, 11) is 2.97. The highest BCUT2D eigenvalue weighted by Gasteiger charge is 2.34. The van der Waals surface area contributed by atoms with E-state index in [-0.39, 0.29) is 30.1 Å². The quantitative estimate of drug-likeness (QED) is 0.204. The van der Waals surface area contributed by atoms with Crippen molar-refractivity contribution in [3.05, 3.63) is 81.7 Å². The van der Waals surface area contributed by atoms with Gasteiger partial charge in [-0.3, -0.25) is 4.40 Å². The second kappa shape index (κ2) is 12.3. The molecule has 0 spiro atoms. The summed E-state index contributed by atoms with van der Waals surface area (Å²) in [6, 6.07) is 9.05. The van der Waals surface area contributed by atoms with Crippen LogP contribution in [0, 0.1) is 13.8 Å². The van der Waals surface area contributed by atoms with E-state index in [1.807, 2.05) is 68.6 Å². The van der Waals surface area contributed by atoms with E-state index in [4.69, 9.17) is 30.9 Å². The van der Waals surface area contributed by atoms with Crippen molar-refractivity contribution in [1.29, 1.82) is 0 Å². The second-order valence-corrected chi connectivity index (χ2v) is 10.6. The van der Waals surface area contributed by atoms with Crippen molar-refractivity contribution in [3.8, 4) is 17.6 Å². The van der Waals surface area contributed by atoms with Crippen molar-refractivity contribution in [2.24, 2.45) is 0 Å². The number of fused-ring (bicyclic) bond motifs is 1. The van der Waals surface area contributed by atoms with Gasteiger partial charge in [-0.2, -0.15) is 10.1 Å². The first kappa shape index (κ1) is 29.8. The molecule has 0 bridgehead atoms. The molecule has 1 N–H and O–H groups in total. The number of anilines is 1. The van der Waals surface area contributed by atoms with E-state index in [0.717, 1.165) is 34.0 Å². The maximum Gasteiger partial charge on any atom is 0.359 e. The third kappa shape index (κ3) is 5.70. The van der Waals surface area contributed by atoms with Gasteiger partial charge in [-0.15, -0.1) is 10.2 Å². The number of nitrogens with one attached hydrogen (secondary N) is 1. The molecular weight excluding hydrogens is 572 g/mol. The van der Waals surface area contributed by atoms with Crippen LogP contribution in [0.5, 0.6) is 11.9 Å². The van der Waals surface area contributed by atoms with Crippen LogP contribution in [0.1, 0.15) is 71.4 Å². The molecule has 1 unspecified atom stereocenters. The first-order valence-electron chi connectivity index (χ1n) is 13.8. The molecule has 5 aromatic rings. The van der Waals surface area contributed by atoms with Crippen LogP contribution < -0.4 is 14.8 Å². The summed E-state index contributed by atoms with van der Waals surface area (Å²) in [5.74, 6) is 0.310. The molecule has 13 heteroatoms. The number of carbonyl (C=O) groups is 1. The lowest BCUT2D eigenvalue weighted by Gasteiger charge is -2.24. The summed E-state index contributed by atoms with van der Waals surface area (Å²) in [6.45, 7) is 9.86. The zero-order valence-corrected chi connectivity index (χ0v) is 25.8. The summed E-state index contributed by atoms with van der Waals surface area (Å²) in [6.07, 6.45) is 3.49. The molecule has 4 aromatic heterocycles. The zero-order valence-electron chi connectivity index (χ0n) is 25.0. The standard InChI is InChI=1S/C30H33ClN8O4/c1-8-43-29(40)25-23(26(16(2)3)39(37-25)22-14-32-30(42-7)34-28(22)41-6)24(19-9-11-20(31)12-10-19)33-21-13-17(4)27-36-35-18(5)38(27)15-21/h9-16,24,33H,8H2,1-7H3. The second-order valence-electron chi connectivity index (χ2n) is 10.2. The molecule has 5 rings (SSSR count). The highest BCUT2D eigenvalue weighted by atomic mass is 35.5. The molecule has 4 heterocycles. The van der Waals surface area contributed by atoms with E-state index >= 15 is 0 Å². The lowest BCUT2D eigenvalue weighted by molar-refractivity contribution is 0.0517. The zero-order chi connectivity index (χ0) is 30.8. The number of nitrogens with zero attached hydrogens (tertiary/aromatic N) is 7. The Bertz CT molecular complexity index is 1780. The lowest BCUT2D eigenvalue weighted by Crippen LogP contribution is -2.19. The molecule has 1 atom stereocenters. The van der Waals surface area contributed by atoms with Crippen molar-refractivity contribution in [2.45, 2.75) is 46.6 Å². The molecule has 0 aliphatic carbocycles. The first-order valence-corrected chi connectivity index (χ1v) is 14.1. The molecular formula is C30H33ClN8O4. The smallest absolute Gasteiger partial charge is 0.359 e. The number of pyridine rings is 1.